The van der Waals surface area contributed by atoms with Crippen LogP contribution in [0.4, 0.5) is 0 Å². The lowest BCUT2D eigenvalue weighted by Crippen LogP contribution is -2.50. The Morgan fingerprint density at radius 1 is 1.41 bits per heavy atom. The van der Waals surface area contributed by atoms with E-state index in [4.69, 9.17) is 10.5 Å². The maximum absolute atomic E-state index is 11.3. The lowest BCUT2D eigenvalue weighted by Gasteiger charge is -2.23. The fourth-order valence-electron chi connectivity index (χ4n) is 1.63. The summed E-state index contributed by atoms with van der Waals surface area (Å²) < 4.78 is 10.2. The van der Waals surface area contributed by atoms with Crippen molar-refractivity contribution < 1.29 is 14.3 Å². The standard InChI is InChI=1S/C13H27NO3/c1-5-7-8-11(6-2)9-17-10-13(3,14)12(15)16-4/h11H,5-10,14H2,1-4H3. The first kappa shape index (κ1) is 16.4. The fraction of sp³-hybridized carbons (Fsp3) is 0.923. The number of methoxy groups -OCH3 is 1. The van der Waals surface area contributed by atoms with Crippen LogP contribution in [0.1, 0.15) is 46.5 Å². The Morgan fingerprint density at radius 3 is 2.53 bits per heavy atom. The van der Waals surface area contributed by atoms with Crippen LogP contribution < -0.4 is 5.73 Å². The van der Waals surface area contributed by atoms with E-state index in [0.29, 0.717) is 12.5 Å². The molecule has 0 aromatic rings. The molecule has 4 heteroatoms. The first-order valence-electron chi connectivity index (χ1n) is 6.43. The van der Waals surface area contributed by atoms with Crippen molar-refractivity contribution in [2.24, 2.45) is 11.7 Å². The van der Waals surface area contributed by atoms with Gasteiger partial charge in [-0.3, -0.25) is 0 Å². The number of hydrogen-bond acceptors (Lipinski definition) is 4. The zero-order valence-electron chi connectivity index (χ0n) is 11.6. The molecule has 0 aliphatic heterocycles. The average molecular weight is 245 g/mol. The van der Waals surface area contributed by atoms with Crippen molar-refractivity contribution in [2.45, 2.75) is 52.0 Å². The topological polar surface area (TPSA) is 61.5 Å². The second kappa shape index (κ2) is 8.48. The van der Waals surface area contributed by atoms with Gasteiger partial charge >= 0.3 is 5.97 Å². The summed E-state index contributed by atoms with van der Waals surface area (Å²) in [6.45, 7) is 6.85. The van der Waals surface area contributed by atoms with Crippen LogP contribution in [0.2, 0.25) is 0 Å². The van der Waals surface area contributed by atoms with Gasteiger partial charge in [0.15, 0.2) is 0 Å². The lowest BCUT2D eigenvalue weighted by molar-refractivity contribution is -0.149. The summed E-state index contributed by atoms with van der Waals surface area (Å²) in [7, 11) is 1.34. The number of ether oxygens (including phenoxy) is 2. The molecular weight excluding hydrogens is 218 g/mol. The Hall–Kier alpha value is -0.610. The van der Waals surface area contributed by atoms with Crippen LogP contribution in [-0.2, 0) is 14.3 Å². The summed E-state index contributed by atoms with van der Waals surface area (Å²) in [5.41, 5.74) is 4.76. The third-order valence-corrected chi connectivity index (χ3v) is 2.95. The van der Waals surface area contributed by atoms with Crippen LogP contribution in [0.5, 0.6) is 0 Å². The number of carbonyl (C=O) groups is 1. The molecule has 0 amide bonds. The van der Waals surface area contributed by atoms with E-state index in [1.165, 1.54) is 26.4 Å². The van der Waals surface area contributed by atoms with Crippen LogP contribution in [0.15, 0.2) is 0 Å². The molecule has 0 spiro atoms. The van der Waals surface area contributed by atoms with Gasteiger partial charge in [0.25, 0.3) is 0 Å². The van der Waals surface area contributed by atoms with Crippen LogP contribution in [0.25, 0.3) is 0 Å². The van der Waals surface area contributed by atoms with Crippen molar-refractivity contribution >= 4 is 5.97 Å². The number of nitrogens with two attached hydrogens (primary N) is 1. The normalized spacial score (nSPS) is 16.3. The molecular formula is C13H27NO3. The van der Waals surface area contributed by atoms with Gasteiger partial charge in [-0.25, -0.2) is 4.79 Å². The van der Waals surface area contributed by atoms with E-state index in [1.807, 2.05) is 0 Å². The van der Waals surface area contributed by atoms with E-state index in [-0.39, 0.29) is 6.61 Å². The maximum Gasteiger partial charge on any atom is 0.327 e. The van der Waals surface area contributed by atoms with Gasteiger partial charge in [0, 0.05) is 6.61 Å². The summed E-state index contributed by atoms with van der Waals surface area (Å²) in [4.78, 5) is 11.3. The van der Waals surface area contributed by atoms with Gasteiger partial charge in [-0.05, 0) is 19.3 Å². The van der Waals surface area contributed by atoms with Crippen molar-refractivity contribution in [1.82, 2.24) is 0 Å². The van der Waals surface area contributed by atoms with Gasteiger partial charge in [0.2, 0.25) is 0 Å². The summed E-state index contributed by atoms with van der Waals surface area (Å²) in [6, 6.07) is 0. The minimum Gasteiger partial charge on any atom is -0.468 e. The lowest BCUT2D eigenvalue weighted by atomic mass is 10.0. The van der Waals surface area contributed by atoms with Crippen LogP contribution in [-0.4, -0.2) is 31.8 Å². The number of carbonyl (C=O) groups excluding carboxylic acids is 1. The molecule has 0 saturated carbocycles. The molecule has 0 aromatic carbocycles. The molecule has 2 unspecified atom stereocenters. The van der Waals surface area contributed by atoms with Gasteiger partial charge in [0.05, 0.1) is 13.7 Å². The van der Waals surface area contributed by atoms with Crippen LogP contribution >= 0.6 is 0 Å². The smallest absolute Gasteiger partial charge is 0.327 e. The van der Waals surface area contributed by atoms with Crippen LogP contribution in [0, 0.1) is 5.92 Å². The van der Waals surface area contributed by atoms with Crippen LogP contribution in [0.3, 0.4) is 0 Å². The Morgan fingerprint density at radius 2 is 2.06 bits per heavy atom. The summed E-state index contributed by atoms with van der Waals surface area (Å²) in [5, 5.41) is 0. The zero-order chi connectivity index (χ0) is 13.3. The van der Waals surface area contributed by atoms with Gasteiger partial charge in [-0.2, -0.15) is 0 Å². The number of rotatable bonds is 9. The fourth-order valence-corrected chi connectivity index (χ4v) is 1.63. The highest BCUT2D eigenvalue weighted by Gasteiger charge is 2.29. The Balaban J connectivity index is 3.91. The number of hydrogen-bond donors (Lipinski definition) is 1. The first-order valence-corrected chi connectivity index (χ1v) is 6.43. The van der Waals surface area contributed by atoms with Crippen molar-refractivity contribution in [3.05, 3.63) is 0 Å². The van der Waals surface area contributed by atoms with Crippen molar-refractivity contribution in [1.29, 1.82) is 0 Å². The van der Waals surface area contributed by atoms with E-state index < -0.39 is 11.5 Å². The third kappa shape index (κ3) is 6.64. The van der Waals surface area contributed by atoms with Crippen molar-refractivity contribution in [3.63, 3.8) is 0 Å². The highest BCUT2D eigenvalue weighted by molar-refractivity contribution is 5.80. The SMILES string of the molecule is CCCCC(CC)COCC(C)(N)C(=O)OC. The van der Waals surface area contributed by atoms with Gasteiger partial charge < -0.3 is 15.2 Å². The Labute approximate surface area is 105 Å². The Bertz CT molecular complexity index is 217. The molecule has 17 heavy (non-hydrogen) atoms. The summed E-state index contributed by atoms with van der Waals surface area (Å²) in [5.74, 6) is 0.127. The third-order valence-electron chi connectivity index (χ3n) is 2.95. The highest BCUT2D eigenvalue weighted by atomic mass is 16.5. The molecule has 0 saturated heterocycles. The first-order chi connectivity index (χ1) is 7.97. The molecule has 2 atom stereocenters. The predicted molar refractivity (Wildman–Crippen MR) is 68.7 cm³/mol. The maximum atomic E-state index is 11.3. The molecule has 2 N–H and O–H groups in total. The number of esters is 1. The minimum atomic E-state index is -1.04. The molecule has 0 aromatic heterocycles. The second-order valence-corrected chi connectivity index (χ2v) is 4.84. The van der Waals surface area contributed by atoms with E-state index in [0.717, 1.165) is 6.42 Å². The molecule has 0 heterocycles. The van der Waals surface area contributed by atoms with E-state index in [9.17, 15) is 4.79 Å². The van der Waals surface area contributed by atoms with E-state index in [1.54, 1.807) is 6.92 Å². The zero-order valence-corrected chi connectivity index (χ0v) is 11.6. The van der Waals surface area contributed by atoms with E-state index >= 15 is 0 Å². The molecule has 0 aliphatic carbocycles. The largest absolute Gasteiger partial charge is 0.468 e. The minimum absolute atomic E-state index is 0.211. The quantitative estimate of drug-likeness (QED) is 0.632. The molecule has 0 fully saturated rings. The monoisotopic (exact) mass is 245 g/mol. The molecule has 0 aliphatic rings. The predicted octanol–water partition coefficient (Wildman–Crippen LogP) is 2.11. The summed E-state index contributed by atoms with van der Waals surface area (Å²) >= 11 is 0. The van der Waals surface area contributed by atoms with Gasteiger partial charge in [-0.1, -0.05) is 33.1 Å². The number of unbranched alkanes of at least 4 members (excludes halogenated alkanes) is 1. The van der Waals surface area contributed by atoms with Crippen molar-refractivity contribution in [2.75, 3.05) is 20.3 Å². The molecule has 0 radical (unpaired) electrons. The Kier molecular flexibility index (Phi) is 8.17. The van der Waals surface area contributed by atoms with E-state index in [2.05, 4.69) is 18.6 Å². The van der Waals surface area contributed by atoms with Crippen molar-refractivity contribution in [3.8, 4) is 0 Å². The molecule has 4 nitrogen and oxygen atoms in total. The van der Waals surface area contributed by atoms with Gasteiger partial charge in [0.1, 0.15) is 5.54 Å². The molecule has 102 valence electrons. The molecule has 0 bridgehead atoms. The molecule has 0 rings (SSSR count). The second-order valence-electron chi connectivity index (χ2n) is 4.84. The van der Waals surface area contributed by atoms with Gasteiger partial charge in [-0.15, -0.1) is 0 Å². The average Bonchev–Trinajstić information content (AvgIpc) is 2.32. The highest BCUT2D eigenvalue weighted by Crippen LogP contribution is 2.13. The summed E-state index contributed by atoms with van der Waals surface area (Å²) in [6.07, 6.45) is 4.69.